The third-order valence-electron chi connectivity index (χ3n) is 0.927. The van der Waals surface area contributed by atoms with Gasteiger partial charge >= 0.3 is 11.9 Å². The van der Waals surface area contributed by atoms with Crippen molar-refractivity contribution in [2.45, 2.75) is 0 Å². The summed E-state index contributed by atoms with van der Waals surface area (Å²) in [5.74, 6) is -4.08. The number of carbonyl (C=O) groups excluding carboxylic acids is 1. The van der Waals surface area contributed by atoms with E-state index in [1.807, 2.05) is 0 Å². The number of carbonyl (C=O) groups is 3. The molecule has 0 aromatic rings. The molecule has 0 aliphatic rings. The normalized spacial score (nSPS) is 11.5. The maximum Gasteiger partial charge on any atom is 0.376 e. The van der Waals surface area contributed by atoms with Crippen LogP contribution in [0.2, 0.25) is 0 Å². The van der Waals surface area contributed by atoms with E-state index in [4.69, 9.17) is 15.9 Å². The van der Waals surface area contributed by atoms with Crippen molar-refractivity contribution in [3.8, 4) is 0 Å². The van der Waals surface area contributed by atoms with Gasteiger partial charge in [-0.05, 0) is 6.08 Å². The number of nitrogens with two attached hydrogens (primary N) is 1. The number of hydrogen-bond acceptors (Lipinski definition) is 4. The highest BCUT2D eigenvalue weighted by atomic mass is 16.4. The maximum atomic E-state index is 10.5. The lowest BCUT2D eigenvalue weighted by Crippen LogP contribution is -2.11. The summed E-state index contributed by atoms with van der Waals surface area (Å²) in [5.41, 5.74) is 4.86. The Morgan fingerprint density at radius 2 is 1.62 bits per heavy atom. The minimum Gasteiger partial charge on any atom is -0.478 e. The van der Waals surface area contributed by atoms with E-state index in [-0.39, 0.29) is 5.70 Å². The molecule has 4 N–H and O–H groups in total. The fraction of sp³-hybridized carbons (Fsp3) is 0. The lowest BCUT2D eigenvalue weighted by Gasteiger charge is -1.89. The monoisotopic (exact) mass is 185 g/mol. The Hall–Kier alpha value is -2.11. The van der Waals surface area contributed by atoms with Gasteiger partial charge < -0.3 is 15.9 Å². The van der Waals surface area contributed by atoms with Gasteiger partial charge in [0.2, 0.25) is 0 Å². The van der Waals surface area contributed by atoms with Gasteiger partial charge in [-0.25, -0.2) is 9.59 Å². The minimum atomic E-state index is -1.65. The summed E-state index contributed by atoms with van der Waals surface area (Å²) in [4.78, 5) is 30.4. The predicted octanol–water partition coefficient (Wildman–Crippen LogP) is -0.877. The van der Waals surface area contributed by atoms with Crippen LogP contribution in [0.4, 0.5) is 0 Å². The second kappa shape index (κ2) is 4.70. The predicted molar refractivity (Wildman–Crippen MR) is 41.7 cm³/mol. The van der Waals surface area contributed by atoms with Crippen LogP contribution < -0.4 is 5.73 Å². The van der Waals surface area contributed by atoms with Crippen LogP contribution in [0.5, 0.6) is 0 Å². The molecule has 0 aromatic heterocycles. The van der Waals surface area contributed by atoms with Crippen LogP contribution in [0.1, 0.15) is 0 Å². The number of ketones is 1. The van der Waals surface area contributed by atoms with E-state index in [2.05, 4.69) is 0 Å². The van der Waals surface area contributed by atoms with Crippen molar-refractivity contribution >= 4 is 17.7 Å². The van der Waals surface area contributed by atoms with Crippen LogP contribution in [0.25, 0.3) is 0 Å². The van der Waals surface area contributed by atoms with E-state index in [1.165, 1.54) is 0 Å². The van der Waals surface area contributed by atoms with Crippen LogP contribution >= 0.6 is 0 Å². The Bertz CT molecular complexity index is 302. The van der Waals surface area contributed by atoms with Crippen molar-refractivity contribution in [3.63, 3.8) is 0 Å². The molecule has 6 heteroatoms. The molecule has 0 aliphatic heterocycles. The molecule has 0 amide bonds. The molecule has 0 saturated carbocycles. The van der Waals surface area contributed by atoms with Gasteiger partial charge in [0.15, 0.2) is 0 Å². The standard InChI is InChI=1S/C7H7NO5/c8-4(1-2-6(10)11)3-5(9)7(12)13/h1-3H,8H2,(H,10,11)(H,12,13)/b2-1+,4-3-. The van der Waals surface area contributed by atoms with Gasteiger partial charge in [0.25, 0.3) is 5.78 Å². The number of allylic oxidation sites excluding steroid dienone is 1. The second-order valence-corrected chi connectivity index (χ2v) is 1.99. The zero-order valence-corrected chi connectivity index (χ0v) is 6.43. The van der Waals surface area contributed by atoms with Gasteiger partial charge in [-0.1, -0.05) is 0 Å². The SMILES string of the molecule is NC(=C\C(=O)C(=O)O)/C=C/C(=O)O. The largest absolute Gasteiger partial charge is 0.478 e. The van der Waals surface area contributed by atoms with Gasteiger partial charge in [-0.2, -0.15) is 0 Å². The highest BCUT2D eigenvalue weighted by molar-refractivity contribution is 6.37. The fourth-order valence-corrected chi connectivity index (χ4v) is 0.429. The molecule has 0 aliphatic carbocycles. The Morgan fingerprint density at radius 3 is 2.00 bits per heavy atom. The van der Waals surface area contributed by atoms with Crippen molar-refractivity contribution in [2.75, 3.05) is 0 Å². The molecule has 0 unspecified atom stereocenters. The molecule has 0 rings (SSSR count). The minimum absolute atomic E-state index is 0.227. The number of rotatable bonds is 4. The first kappa shape index (κ1) is 10.9. The van der Waals surface area contributed by atoms with Gasteiger partial charge in [0, 0.05) is 17.8 Å². The lowest BCUT2D eigenvalue weighted by molar-refractivity contribution is -0.146. The zero-order chi connectivity index (χ0) is 10.4. The van der Waals surface area contributed by atoms with Gasteiger partial charge in [0.1, 0.15) is 0 Å². The zero-order valence-electron chi connectivity index (χ0n) is 6.43. The van der Waals surface area contributed by atoms with E-state index < -0.39 is 17.7 Å². The third-order valence-corrected chi connectivity index (χ3v) is 0.927. The molecule has 6 nitrogen and oxygen atoms in total. The molecule has 0 aromatic carbocycles. The van der Waals surface area contributed by atoms with Gasteiger partial charge in [-0.15, -0.1) is 0 Å². The molecule has 70 valence electrons. The molecule has 0 atom stereocenters. The van der Waals surface area contributed by atoms with Gasteiger partial charge in [-0.3, -0.25) is 4.79 Å². The molecule has 13 heavy (non-hydrogen) atoms. The Morgan fingerprint density at radius 1 is 1.08 bits per heavy atom. The van der Waals surface area contributed by atoms with E-state index in [1.54, 1.807) is 0 Å². The first-order valence-electron chi connectivity index (χ1n) is 3.09. The van der Waals surface area contributed by atoms with E-state index >= 15 is 0 Å². The molecular formula is C7H7NO5. The van der Waals surface area contributed by atoms with Crippen molar-refractivity contribution < 1.29 is 24.6 Å². The Labute approximate surface area is 73.0 Å². The Kier molecular flexibility index (Phi) is 3.94. The fourth-order valence-electron chi connectivity index (χ4n) is 0.429. The van der Waals surface area contributed by atoms with E-state index in [0.29, 0.717) is 12.2 Å². The highest BCUT2D eigenvalue weighted by Gasteiger charge is 2.06. The summed E-state index contributed by atoms with van der Waals surface area (Å²) in [6.45, 7) is 0. The molecule has 0 bridgehead atoms. The summed E-state index contributed by atoms with van der Waals surface area (Å²) < 4.78 is 0. The Balaban J connectivity index is 4.42. The van der Waals surface area contributed by atoms with Crippen LogP contribution in [0.3, 0.4) is 0 Å². The number of carboxylic acid groups (broad SMARTS) is 2. The molecular weight excluding hydrogens is 178 g/mol. The number of hydrogen-bond donors (Lipinski definition) is 3. The van der Waals surface area contributed by atoms with E-state index in [0.717, 1.165) is 6.08 Å². The van der Waals surface area contributed by atoms with Crippen molar-refractivity contribution in [1.82, 2.24) is 0 Å². The van der Waals surface area contributed by atoms with Crippen molar-refractivity contribution in [2.24, 2.45) is 5.73 Å². The van der Waals surface area contributed by atoms with Crippen LogP contribution in [-0.4, -0.2) is 27.9 Å². The van der Waals surface area contributed by atoms with Gasteiger partial charge in [0.05, 0.1) is 0 Å². The molecule has 0 radical (unpaired) electrons. The third kappa shape index (κ3) is 5.19. The van der Waals surface area contributed by atoms with Crippen LogP contribution in [-0.2, 0) is 14.4 Å². The molecule has 0 fully saturated rings. The maximum absolute atomic E-state index is 10.5. The highest BCUT2D eigenvalue weighted by Crippen LogP contribution is 1.88. The van der Waals surface area contributed by atoms with Crippen molar-refractivity contribution in [1.29, 1.82) is 0 Å². The van der Waals surface area contributed by atoms with E-state index in [9.17, 15) is 14.4 Å². The topological polar surface area (TPSA) is 118 Å². The second-order valence-electron chi connectivity index (χ2n) is 1.99. The summed E-state index contributed by atoms with van der Waals surface area (Å²) in [7, 11) is 0. The molecule has 0 spiro atoms. The smallest absolute Gasteiger partial charge is 0.376 e. The first-order valence-corrected chi connectivity index (χ1v) is 3.09. The van der Waals surface area contributed by atoms with Crippen molar-refractivity contribution in [3.05, 3.63) is 23.9 Å². The van der Waals surface area contributed by atoms with Crippen LogP contribution in [0, 0.1) is 0 Å². The molecule has 0 heterocycles. The molecule has 0 saturated heterocycles. The summed E-state index contributed by atoms with van der Waals surface area (Å²) in [6.07, 6.45) is 2.24. The summed E-state index contributed by atoms with van der Waals surface area (Å²) in [6, 6.07) is 0. The number of aliphatic carboxylic acids is 2. The average Bonchev–Trinajstić information content (AvgIpc) is 2.00. The lowest BCUT2D eigenvalue weighted by atomic mass is 10.3. The quantitative estimate of drug-likeness (QED) is 0.297. The first-order chi connectivity index (χ1) is 5.93. The number of carboxylic acids is 2. The van der Waals surface area contributed by atoms with Crippen LogP contribution in [0.15, 0.2) is 23.9 Å². The summed E-state index contributed by atoms with van der Waals surface area (Å²) >= 11 is 0. The summed E-state index contributed by atoms with van der Waals surface area (Å²) in [5, 5.41) is 16.3. The average molecular weight is 185 g/mol.